The lowest BCUT2D eigenvalue weighted by Gasteiger charge is -2.16. The van der Waals surface area contributed by atoms with Crippen LogP contribution in [0.15, 0.2) is 50.0 Å². The van der Waals surface area contributed by atoms with Crippen molar-refractivity contribution in [2.45, 2.75) is 18.9 Å². The maximum Gasteiger partial charge on any atom is 0.293 e. The third-order valence-electron chi connectivity index (χ3n) is 4.12. The Balaban J connectivity index is 1.49. The fourth-order valence-corrected chi connectivity index (χ4v) is 3.17. The summed E-state index contributed by atoms with van der Waals surface area (Å²) in [5.41, 5.74) is 0.491. The van der Waals surface area contributed by atoms with Crippen molar-refractivity contribution in [1.82, 2.24) is 15.0 Å². The standard InChI is InChI=1S/C17H13BrFN3O3/c18-14-6-5-13(24-14)17-20-16(21-25-17)11-7-15(23)22(9-11)8-10-3-1-2-4-12(10)19/h1-6,11H,7-9H2. The number of benzene rings is 1. The van der Waals surface area contributed by atoms with E-state index < -0.39 is 0 Å². The smallest absolute Gasteiger partial charge is 0.293 e. The van der Waals surface area contributed by atoms with Gasteiger partial charge in [0, 0.05) is 31.0 Å². The normalized spacial score (nSPS) is 17.4. The average molecular weight is 406 g/mol. The SMILES string of the molecule is O=C1CC(c2noc(-c3ccc(Br)o3)n2)CN1Cc1ccccc1F. The van der Waals surface area contributed by atoms with E-state index in [9.17, 15) is 9.18 Å². The molecule has 1 fully saturated rings. The summed E-state index contributed by atoms with van der Waals surface area (Å²) in [6.45, 7) is 0.659. The Morgan fingerprint density at radius 1 is 1.28 bits per heavy atom. The van der Waals surface area contributed by atoms with E-state index >= 15 is 0 Å². The molecule has 2 aromatic heterocycles. The van der Waals surface area contributed by atoms with E-state index in [0.29, 0.717) is 28.4 Å². The number of carbonyl (C=O) groups excluding carboxylic acids is 1. The number of furan rings is 1. The second kappa shape index (κ2) is 6.44. The number of likely N-dealkylation sites (tertiary alicyclic amines) is 1. The number of hydrogen-bond acceptors (Lipinski definition) is 5. The summed E-state index contributed by atoms with van der Waals surface area (Å²) in [5.74, 6) is 0.616. The van der Waals surface area contributed by atoms with Crippen LogP contribution in [0.2, 0.25) is 0 Å². The minimum atomic E-state index is -0.316. The van der Waals surface area contributed by atoms with Gasteiger partial charge in [-0.05, 0) is 34.1 Å². The summed E-state index contributed by atoms with van der Waals surface area (Å²) in [6, 6.07) is 9.89. The van der Waals surface area contributed by atoms with Crippen LogP contribution in [0.25, 0.3) is 11.7 Å². The van der Waals surface area contributed by atoms with E-state index in [2.05, 4.69) is 26.1 Å². The largest absolute Gasteiger partial charge is 0.444 e. The van der Waals surface area contributed by atoms with Crippen LogP contribution in [-0.2, 0) is 11.3 Å². The molecule has 6 nitrogen and oxygen atoms in total. The van der Waals surface area contributed by atoms with Crippen molar-refractivity contribution in [3.63, 3.8) is 0 Å². The van der Waals surface area contributed by atoms with Crippen molar-refractivity contribution in [2.24, 2.45) is 0 Å². The number of nitrogens with zero attached hydrogens (tertiary/aromatic N) is 3. The first kappa shape index (κ1) is 16.0. The zero-order valence-corrected chi connectivity index (χ0v) is 14.6. The van der Waals surface area contributed by atoms with Gasteiger partial charge in [-0.15, -0.1) is 0 Å². The van der Waals surface area contributed by atoms with Crippen LogP contribution in [0.1, 0.15) is 23.7 Å². The molecule has 1 unspecified atom stereocenters. The molecule has 0 N–H and O–H groups in total. The number of amides is 1. The Bertz CT molecular complexity index is 923. The number of carbonyl (C=O) groups is 1. The minimum Gasteiger partial charge on any atom is -0.444 e. The highest BCUT2D eigenvalue weighted by atomic mass is 79.9. The van der Waals surface area contributed by atoms with Gasteiger partial charge in [-0.3, -0.25) is 4.79 Å². The number of hydrogen-bond donors (Lipinski definition) is 0. The monoisotopic (exact) mass is 405 g/mol. The molecule has 0 saturated carbocycles. The van der Waals surface area contributed by atoms with E-state index in [0.717, 1.165) is 0 Å². The van der Waals surface area contributed by atoms with Gasteiger partial charge in [0.05, 0.1) is 0 Å². The Morgan fingerprint density at radius 3 is 2.88 bits per heavy atom. The number of rotatable bonds is 4. The van der Waals surface area contributed by atoms with Crippen LogP contribution in [0, 0.1) is 5.82 Å². The fourth-order valence-electron chi connectivity index (χ4n) is 2.86. The van der Waals surface area contributed by atoms with Gasteiger partial charge in [0.1, 0.15) is 5.82 Å². The minimum absolute atomic E-state index is 0.0552. The van der Waals surface area contributed by atoms with Gasteiger partial charge in [0.2, 0.25) is 5.91 Å². The molecule has 0 bridgehead atoms. The van der Waals surface area contributed by atoms with Gasteiger partial charge in [-0.2, -0.15) is 4.98 Å². The van der Waals surface area contributed by atoms with Gasteiger partial charge < -0.3 is 13.8 Å². The van der Waals surface area contributed by atoms with E-state index in [1.165, 1.54) is 6.07 Å². The Labute approximate surface area is 150 Å². The van der Waals surface area contributed by atoms with Gasteiger partial charge in [-0.25, -0.2) is 4.39 Å². The van der Waals surface area contributed by atoms with Crippen molar-refractivity contribution in [1.29, 1.82) is 0 Å². The maximum absolute atomic E-state index is 13.8. The predicted molar refractivity (Wildman–Crippen MR) is 88.9 cm³/mol. The first-order valence-corrected chi connectivity index (χ1v) is 8.50. The Morgan fingerprint density at radius 2 is 2.12 bits per heavy atom. The zero-order chi connectivity index (χ0) is 17.4. The van der Waals surface area contributed by atoms with Gasteiger partial charge in [0.15, 0.2) is 16.3 Å². The third kappa shape index (κ3) is 3.21. The lowest BCUT2D eigenvalue weighted by Crippen LogP contribution is -2.25. The van der Waals surface area contributed by atoms with Gasteiger partial charge >= 0.3 is 0 Å². The molecule has 1 atom stereocenters. The zero-order valence-electron chi connectivity index (χ0n) is 13.0. The van der Waals surface area contributed by atoms with Crippen molar-refractivity contribution < 1.29 is 18.1 Å². The summed E-state index contributed by atoms with van der Waals surface area (Å²) in [5, 5.41) is 3.96. The Kier molecular flexibility index (Phi) is 4.12. The second-order valence-corrected chi connectivity index (χ2v) is 6.61. The molecule has 1 aliphatic rings. The van der Waals surface area contributed by atoms with Crippen LogP contribution in [-0.4, -0.2) is 27.5 Å². The first-order chi connectivity index (χ1) is 12.1. The first-order valence-electron chi connectivity index (χ1n) is 7.70. The van der Waals surface area contributed by atoms with Crippen LogP contribution >= 0.6 is 15.9 Å². The molecule has 3 heterocycles. The molecule has 8 heteroatoms. The lowest BCUT2D eigenvalue weighted by atomic mass is 10.1. The van der Waals surface area contributed by atoms with E-state index in [1.807, 2.05) is 0 Å². The van der Waals surface area contributed by atoms with Crippen LogP contribution in [0.5, 0.6) is 0 Å². The molecule has 1 aliphatic heterocycles. The number of aromatic nitrogens is 2. The van der Waals surface area contributed by atoms with Crippen LogP contribution in [0.3, 0.4) is 0 Å². The van der Waals surface area contributed by atoms with Crippen molar-refractivity contribution in [3.8, 4) is 11.7 Å². The Hall–Kier alpha value is -2.48. The molecule has 0 aliphatic carbocycles. The second-order valence-electron chi connectivity index (χ2n) is 5.83. The molecule has 128 valence electrons. The molecular weight excluding hydrogens is 393 g/mol. The molecule has 25 heavy (non-hydrogen) atoms. The predicted octanol–water partition coefficient (Wildman–Crippen LogP) is 3.75. The summed E-state index contributed by atoms with van der Waals surface area (Å²) in [4.78, 5) is 18.2. The quantitative estimate of drug-likeness (QED) is 0.660. The molecular formula is C17H13BrFN3O3. The van der Waals surface area contributed by atoms with E-state index in [1.54, 1.807) is 35.2 Å². The van der Waals surface area contributed by atoms with Crippen LogP contribution < -0.4 is 0 Å². The maximum atomic E-state index is 13.8. The number of halogens is 2. The lowest BCUT2D eigenvalue weighted by molar-refractivity contribution is -0.128. The van der Waals surface area contributed by atoms with Crippen molar-refractivity contribution >= 4 is 21.8 Å². The van der Waals surface area contributed by atoms with Gasteiger partial charge in [0.25, 0.3) is 5.89 Å². The highest BCUT2D eigenvalue weighted by molar-refractivity contribution is 9.10. The van der Waals surface area contributed by atoms with Crippen molar-refractivity contribution in [2.75, 3.05) is 6.54 Å². The molecule has 3 aromatic rings. The third-order valence-corrected chi connectivity index (χ3v) is 4.55. The average Bonchev–Trinajstić information content (AvgIpc) is 3.30. The fraction of sp³-hybridized carbons (Fsp3) is 0.235. The van der Waals surface area contributed by atoms with E-state index in [4.69, 9.17) is 8.94 Å². The highest BCUT2D eigenvalue weighted by Gasteiger charge is 2.34. The van der Waals surface area contributed by atoms with Crippen molar-refractivity contribution in [3.05, 3.63) is 58.3 Å². The molecule has 4 rings (SSSR count). The highest BCUT2D eigenvalue weighted by Crippen LogP contribution is 2.30. The topological polar surface area (TPSA) is 72.4 Å². The summed E-state index contributed by atoms with van der Waals surface area (Å²) >= 11 is 3.22. The molecule has 1 aromatic carbocycles. The summed E-state index contributed by atoms with van der Waals surface area (Å²) < 4.78 is 25.0. The molecule has 1 saturated heterocycles. The van der Waals surface area contributed by atoms with Crippen LogP contribution in [0.4, 0.5) is 4.39 Å². The summed E-state index contributed by atoms with van der Waals surface area (Å²) in [7, 11) is 0. The van der Waals surface area contributed by atoms with E-state index in [-0.39, 0.29) is 36.5 Å². The van der Waals surface area contributed by atoms with Gasteiger partial charge in [-0.1, -0.05) is 23.4 Å². The molecule has 0 radical (unpaired) electrons. The summed E-state index contributed by atoms with van der Waals surface area (Å²) in [6.07, 6.45) is 0.273. The molecule has 0 spiro atoms. The molecule has 1 amide bonds.